The minimum absolute atomic E-state index is 0.0825. The Hall–Kier alpha value is -2.67. The number of nitrogens with one attached hydrogen (secondary N) is 1. The fraction of sp³-hybridized carbons (Fsp3) is 0.522. The van der Waals surface area contributed by atoms with Gasteiger partial charge in [0.05, 0.1) is 18.2 Å². The quantitative estimate of drug-likeness (QED) is 0.754. The number of nitrogens with zero attached hydrogens (tertiary/aromatic N) is 2. The highest BCUT2D eigenvalue weighted by molar-refractivity contribution is 6.35. The Morgan fingerprint density at radius 3 is 2.53 bits per heavy atom. The molecule has 1 N–H and O–H groups in total. The molecule has 0 aromatic heterocycles. The minimum atomic E-state index is -0.254. The lowest BCUT2D eigenvalue weighted by molar-refractivity contribution is -0.139. The van der Waals surface area contributed by atoms with E-state index in [-0.39, 0.29) is 23.8 Å². The van der Waals surface area contributed by atoms with Gasteiger partial charge in [-0.05, 0) is 49.3 Å². The van der Waals surface area contributed by atoms with E-state index in [1.54, 1.807) is 24.3 Å². The van der Waals surface area contributed by atoms with Crippen LogP contribution in [0.4, 0.5) is 5.69 Å². The highest BCUT2D eigenvalue weighted by atomic mass is 16.5. The molecule has 0 saturated carbocycles. The highest BCUT2D eigenvalue weighted by Crippen LogP contribution is 2.35. The number of hydrogen-bond donors (Lipinski definition) is 1. The Balaban J connectivity index is 1.68. The van der Waals surface area contributed by atoms with E-state index in [1.165, 1.54) is 11.8 Å². The van der Waals surface area contributed by atoms with Gasteiger partial charge in [0, 0.05) is 32.3 Å². The molecule has 1 aromatic rings. The monoisotopic (exact) mass is 411 g/mol. The van der Waals surface area contributed by atoms with E-state index in [0.717, 1.165) is 38.8 Å². The van der Waals surface area contributed by atoms with Gasteiger partial charge in [-0.2, -0.15) is 0 Å². The first kappa shape index (κ1) is 20.6. The standard InChI is InChI=1S/C23H29N3O4/c1-15-5-3-11-25(13-15)21-20(17-7-9-18(10-8-17)24-16(2)27)22(28)26(23(21)29)14-19-6-4-12-30-19/h7-10,15,19H,3-6,11-14H2,1-2H3,(H,24,27). The number of anilines is 1. The molecule has 3 aliphatic rings. The van der Waals surface area contributed by atoms with Crippen LogP contribution in [0.3, 0.4) is 0 Å². The van der Waals surface area contributed by atoms with Gasteiger partial charge in [-0.25, -0.2) is 0 Å². The Bertz CT molecular complexity index is 871. The molecule has 160 valence electrons. The molecule has 7 heteroatoms. The van der Waals surface area contributed by atoms with E-state index in [0.29, 0.717) is 41.6 Å². The second-order valence-electron chi connectivity index (χ2n) is 8.53. The van der Waals surface area contributed by atoms with E-state index < -0.39 is 0 Å². The number of piperidine rings is 1. The average Bonchev–Trinajstić information content (AvgIpc) is 3.30. The van der Waals surface area contributed by atoms with Crippen LogP contribution >= 0.6 is 0 Å². The second kappa shape index (κ2) is 8.60. The maximum atomic E-state index is 13.4. The first-order valence-corrected chi connectivity index (χ1v) is 10.8. The second-order valence-corrected chi connectivity index (χ2v) is 8.53. The van der Waals surface area contributed by atoms with Crippen molar-refractivity contribution < 1.29 is 19.1 Å². The zero-order valence-corrected chi connectivity index (χ0v) is 17.6. The van der Waals surface area contributed by atoms with Crippen LogP contribution in [0.25, 0.3) is 5.57 Å². The third kappa shape index (κ3) is 4.12. The fourth-order valence-corrected chi connectivity index (χ4v) is 4.59. The zero-order valence-electron chi connectivity index (χ0n) is 17.6. The van der Waals surface area contributed by atoms with Gasteiger partial charge in [0.15, 0.2) is 0 Å². The number of ether oxygens (including phenoxy) is 1. The van der Waals surface area contributed by atoms with Crippen LogP contribution in [0.2, 0.25) is 0 Å². The van der Waals surface area contributed by atoms with Crippen molar-refractivity contribution in [1.29, 1.82) is 0 Å². The fourth-order valence-electron chi connectivity index (χ4n) is 4.59. The van der Waals surface area contributed by atoms with Crippen molar-refractivity contribution in [3.63, 3.8) is 0 Å². The van der Waals surface area contributed by atoms with Crippen molar-refractivity contribution in [2.24, 2.45) is 5.92 Å². The molecule has 3 heterocycles. The largest absolute Gasteiger partial charge is 0.376 e. The summed E-state index contributed by atoms with van der Waals surface area (Å²) < 4.78 is 5.68. The molecule has 2 atom stereocenters. The first-order chi connectivity index (χ1) is 14.4. The van der Waals surface area contributed by atoms with Gasteiger partial charge in [-0.15, -0.1) is 0 Å². The third-order valence-corrected chi connectivity index (χ3v) is 6.02. The Labute approximate surface area is 177 Å². The SMILES string of the molecule is CC(=O)Nc1ccc(C2=C(N3CCCC(C)C3)C(=O)N(CC3CCCO3)C2=O)cc1. The number of imide groups is 1. The number of carbonyl (C=O) groups is 3. The van der Waals surface area contributed by atoms with Crippen LogP contribution in [0.15, 0.2) is 30.0 Å². The molecule has 2 fully saturated rings. The zero-order chi connectivity index (χ0) is 21.3. The number of hydrogen-bond acceptors (Lipinski definition) is 5. The predicted octanol–water partition coefficient (Wildman–Crippen LogP) is 2.64. The third-order valence-electron chi connectivity index (χ3n) is 6.02. The molecular formula is C23H29N3O4. The summed E-state index contributed by atoms with van der Waals surface area (Å²) in [5.74, 6) is -0.147. The van der Waals surface area contributed by atoms with Crippen molar-refractivity contribution in [2.75, 3.05) is 31.6 Å². The summed E-state index contributed by atoms with van der Waals surface area (Å²) in [5.41, 5.74) is 2.33. The molecule has 0 aliphatic carbocycles. The number of benzene rings is 1. The molecule has 0 spiro atoms. The Morgan fingerprint density at radius 2 is 1.90 bits per heavy atom. The maximum Gasteiger partial charge on any atom is 0.277 e. The molecule has 7 nitrogen and oxygen atoms in total. The summed E-state index contributed by atoms with van der Waals surface area (Å²) in [6, 6.07) is 7.13. The topological polar surface area (TPSA) is 79.0 Å². The summed E-state index contributed by atoms with van der Waals surface area (Å²) in [4.78, 5) is 41.5. The lowest BCUT2D eigenvalue weighted by Gasteiger charge is -2.33. The van der Waals surface area contributed by atoms with Crippen molar-refractivity contribution in [3.05, 3.63) is 35.5 Å². The van der Waals surface area contributed by atoms with Crippen LogP contribution in [0.5, 0.6) is 0 Å². The number of amides is 3. The number of likely N-dealkylation sites (tertiary alicyclic amines) is 1. The van der Waals surface area contributed by atoms with Crippen LogP contribution in [0, 0.1) is 5.92 Å². The van der Waals surface area contributed by atoms with Gasteiger partial charge in [0.1, 0.15) is 5.70 Å². The van der Waals surface area contributed by atoms with E-state index in [9.17, 15) is 14.4 Å². The van der Waals surface area contributed by atoms with Crippen molar-refractivity contribution in [3.8, 4) is 0 Å². The van der Waals surface area contributed by atoms with E-state index in [4.69, 9.17) is 4.74 Å². The molecule has 2 saturated heterocycles. The molecule has 1 aromatic carbocycles. The first-order valence-electron chi connectivity index (χ1n) is 10.8. The summed E-state index contributed by atoms with van der Waals surface area (Å²) >= 11 is 0. The van der Waals surface area contributed by atoms with Crippen LogP contribution < -0.4 is 5.32 Å². The number of rotatable bonds is 5. The Morgan fingerprint density at radius 1 is 1.13 bits per heavy atom. The van der Waals surface area contributed by atoms with Gasteiger partial charge in [0.25, 0.3) is 11.8 Å². The van der Waals surface area contributed by atoms with E-state index >= 15 is 0 Å². The van der Waals surface area contributed by atoms with Crippen molar-refractivity contribution in [2.45, 2.75) is 45.6 Å². The molecule has 3 amide bonds. The van der Waals surface area contributed by atoms with E-state index in [2.05, 4.69) is 17.1 Å². The summed E-state index contributed by atoms with van der Waals surface area (Å²) in [5, 5.41) is 2.74. The smallest absolute Gasteiger partial charge is 0.277 e. The predicted molar refractivity (Wildman–Crippen MR) is 113 cm³/mol. The van der Waals surface area contributed by atoms with Crippen molar-refractivity contribution >= 4 is 29.0 Å². The Kier molecular flexibility index (Phi) is 5.90. The van der Waals surface area contributed by atoms with Gasteiger partial charge in [-0.1, -0.05) is 19.1 Å². The molecule has 0 radical (unpaired) electrons. The van der Waals surface area contributed by atoms with Crippen molar-refractivity contribution in [1.82, 2.24) is 9.80 Å². The normalized spacial score (nSPS) is 24.7. The van der Waals surface area contributed by atoms with Gasteiger partial charge < -0.3 is 15.0 Å². The lowest BCUT2D eigenvalue weighted by Crippen LogP contribution is -2.41. The van der Waals surface area contributed by atoms with Gasteiger partial charge in [0.2, 0.25) is 5.91 Å². The minimum Gasteiger partial charge on any atom is -0.376 e. The van der Waals surface area contributed by atoms with Crippen LogP contribution in [0.1, 0.15) is 45.1 Å². The molecule has 2 unspecified atom stereocenters. The molecular weight excluding hydrogens is 382 g/mol. The van der Waals surface area contributed by atoms with Gasteiger partial charge in [-0.3, -0.25) is 19.3 Å². The molecule has 4 rings (SSSR count). The highest BCUT2D eigenvalue weighted by Gasteiger charge is 2.43. The maximum absolute atomic E-state index is 13.4. The van der Waals surface area contributed by atoms with Gasteiger partial charge >= 0.3 is 0 Å². The number of carbonyl (C=O) groups excluding carboxylic acids is 3. The lowest BCUT2D eigenvalue weighted by atomic mass is 9.97. The summed E-state index contributed by atoms with van der Waals surface area (Å²) in [6.45, 7) is 6.17. The molecule has 0 bridgehead atoms. The summed E-state index contributed by atoms with van der Waals surface area (Å²) in [7, 11) is 0. The molecule has 3 aliphatic heterocycles. The summed E-state index contributed by atoms with van der Waals surface area (Å²) in [6.07, 6.45) is 3.88. The van der Waals surface area contributed by atoms with Crippen LogP contribution in [-0.4, -0.2) is 59.9 Å². The molecule has 30 heavy (non-hydrogen) atoms. The average molecular weight is 412 g/mol. The van der Waals surface area contributed by atoms with Crippen LogP contribution in [-0.2, 0) is 19.1 Å². The van der Waals surface area contributed by atoms with E-state index in [1.807, 2.05) is 0 Å².